The molecule has 1 amide bonds. The van der Waals surface area contributed by atoms with Gasteiger partial charge in [-0.25, -0.2) is 0 Å². The average Bonchev–Trinajstić information content (AvgIpc) is 2.52. The van der Waals surface area contributed by atoms with Crippen molar-refractivity contribution < 1.29 is 4.79 Å². The second kappa shape index (κ2) is 4.73. The van der Waals surface area contributed by atoms with Crippen LogP contribution in [-0.2, 0) is 4.79 Å². The number of nitrogens with zero attached hydrogens (tertiary/aromatic N) is 1. The molecular weight excluding hydrogens is 230 g/mol. The van der Waals surface area contributed by atoms with E-state index in [1.807, 2.05) is 43.6 Å². The number of carbonyl (C=O) groups excluding carboxylic acids is 1. The summed E-state index contributed by atoms with van der Waals surface area (Å²) in [5, 5.41) is 0. The molecular formula is C14H19NOS. The van der Waals surface area contributed by atoms with E-state index < -0.39 is 0 Å². The Balaban J connectivity index is 1.95. The van der Waals surface area contributed by atoms with Gasteiger partial charge in [-0.2, -0.15) is 0 Å². The molecule has 1 atom stereocenters. The summed E-state index contributed by atoms with van der Waals surface area (Å²) in [5.41, 5.74) is -0.184. The Labute approximate surface area is 107 Å². The Kier molecular flexibility index (Phi) is 3.48. The van der Waals surface area contributed by atoms with E-state index in [2.05, 4.69) is 24.3 Å². The van der Waals surface area contributed by atoms with E-state index in [4.69, 9.17) is 0 Å². The molecule has 0 saturated carbocycles. The van der Waals surface area contributed by atoms with Gasteiger partial charge in [-0.05, 0) is 18.6 Å². The van der Waals surface area contributed by atoms with Gasteiger partial charge in [0, 0.05) is 29.2 Å². The Morgan fingerprint density at radius 1 is 1.35 bits per heavy atom. The van der Waals surface area contributed by atoms with Gasteiger partial charge in [-0.15, -0.1) is 11.8 Å². The highest BCUT2D eigenvalue weighted by molar-refractivity contribution is 7.99. The molecule has 1 aliphatic heterocycles. The lowest BCUT2D eigenvalue weighted by molar-refractivity contribution is -0.134. The summed E-state index contributed by atoms with van der Waals surface area (Å²) in [7, 11) is 1.92. The van der Waals surface area contributed by atoms with E-state index in [9.17, 15) is 4.79 Å². The normalized spacial score (nSPS) is 23.1. The van der Waals surface area contributed by atoms with Crippen molar-refractivity contribution in [3.63, 3.8) is 0 Å². The highest BCUT2D eigenvalue weighted by atomic mass is 32.2. The van der Waals surface area contributed by atoms with Gasteiger partial charge in [-0.1, -0.05) is 32.0 Å². The Hall–Kier alpha value is -0.960. The standard InChI is InChI=1S/C14H19NOS/c1-14(2)9-11(15(3)13(14)16)10-17-12-7-5-4-6-8-12/h4-8,11H,9-10H2,1-3H3. The van der Waals surface area contributed by atoms with Gasteiger partial charge < -0.3 is 4.90 Å². The van der Waals surface area contributed by atoms with Crippen molar-refractivity contribution in [3.05, 3.63) is 30.3 Å². The molecule has 17 heavy (non-hydrogen) atoms. The molecule has 2 nitrogen and oxygen atoms in total. The van der Waals surface area contributed by atoms with E-state index in [0.29, 0.717) is 6.04 Å². The maximum absolute atomic E-state index is 12.0. The van der Waals surface area contributed by atoms with Crippen LogP contribution in [0.1, 0.15) is 20.3 Å². The number of carbonyl (C=O) groups is 1. The van der Waals surface area contributed by atoms with E-state index in [1.165, 1.54) is 4.90 Å². The number of hydrogen-bond donors (Lipinski definition) is 0. The first-order valence-electron chi connectivity index (χ1n) is 5.96. The zero-order chi connectivity index (χ0) is 12.5. The molecule has 0 aromatic heterocycles. The van der Waals surface area contributed by atoms with Crippen molar-refractivity contribution in [2.24, 2.45) is 5.41 Å². The van der Waals surface area contributed by atoms with Crippen LogP contribution in [-0.4, -0.2) is 29.6 Å². The van der Waals surface area contributed by atoms with E-state index in [-0.39, 0.29) is 11.3 Å². The van der Waals surface area contributed by atoms with Crippen LogP contribution in [0.25, 0.3) is 0 Å². The maximum Gasteiger partial charge on any atom is 0.228 e. The second-order valence-electron chi connectivity index (χ2n) is 5.28. The fourth-order valence-electron chi connectivity index (χ4n) is 2.34. The maximum atomic E-state index is 12.0. The summed E-state index contributed by atoms with van der Waals surface area (Å²) in [6, 6.07) is 10.7. The molecule has 1 saturated heterocycles. The predicted octanol–water partition coefficient (Wildman–Crippen LogP) is 3.04. The van der Waals surface area contributed by atoms with Crippen LogP contribution >= 0.6 is 11.8 Å². The van der Waals surface area contributed by atoms with Crippen molar-refractivity contribution in [2.75, 3.05) is 12.8 Å². The molecule has 0 bridgehead atoms. The molecule has 0 radical (unpaired) electrons. The van der Waals surface area contributed by atoms with Crippen molar-refractivity contribution in [3.8, 4) is 0 Å². The molecule has 0 aliphatic carbocycles. The quantitative estimate of drug-likeness (QED) is 0.767. The van der Waals surface area contributed by atoms with Crippen LogP contribution in [0.2, 0.25) is 0 Å². The molecule has 2 rings (SSSR count). The number of amides is 1. The van der Waals surface area contributed by atoms with E-state index in [1.54, 1.807) is 0 Å². The zero-order valence-corrected chi connectivity index (χ0v) is 11.5. The molecule has 1 aromatic rings. The Morgan fingerprint density at radius 3 is 2.53 bits per heavy atom. The topological polar surface area (TPSA) is 20.3 Å². The van der Waals surface area contributed by atoms with Crippen LogP contribution in [0.15, 0.2) is 35.2 Å². The number of rotatable bonds is 3. The molecule has 1 aromatic carbocycles. The number of hydrogen-bond acceptors (Lipinski definition) is 2. The highest BCUT2D eigenvalue weighted by Crippen LogP contribution is 2.36. The number of benzene rings is 1. The van der Waals surface area contributed by atoms with Gasteiger partial charge in [0.15, 0.2) is 0 Å². The Bertz CT molecular complexity index is 402. The molecule has 92 valence electrons. The van der Waals surface area contributed by atoms with Gasteiger partial charge in [0.1, 0.15) is 0 Å². The minimum absolute atomic E-state index is 0.184. The first-order valence-corrected chi connectivity index (χ1v) is 6.94. The van der Waals surface area contributed by atoms with Crippen LogP contribution < -0.4 is 0 Å². The molecule has 1 fully saturated rings. The molecule has 1 heterocycles. The summed E-state index contributed by atoms with van der Waals surface area (Å²) < 4.78 is 0. The molecule has 1 unspecified atom stereocenters. The number of thioether (sulfide) groups is 1. The van der Waals surface area contributed by atoms with Crippen LogP contribution in [0, 0.1) is 5.41 Å². The largest absolute Gasteiger partial charge is 0.341 e. The fraction of sp³-hybridized carbons (Fsp3) is 0.500. The van der Waals surface area contributed by atoms with Crippen molar-refractivity contribution in [1.29, 1.82) is 0 Å². The summed E-state index contributed by atoms with van der Waals surface area (Å²) in [6.07, 6.45) is 0.960. The van der Waals surface area contributed by atoms with Gasteiger partial charge in [0.2, 0.25) is 5.91 Å². The van der Waals surface area contributed by atoms with Gasteiger partial charge in [0.25, 0.3) is 0 Å². The molecule has 3 heteroatoms. The SMILES string of the molecule is CN1C(=O)C(C)(C)CC1CSc1ccccc1. The first-order chi connectivity index (χ1) is 8.00. The van der Waals surface area contributed by atoms with Crippen molar-refractivity contribution in [1.82, 2.24) is 4.90 Å². The van der Waals surface area contributed by atoms with Gasteiger partial charge >= 0.3 is 0 Å². The smallest absolute Gasteiger partial charge is 0.228 e. The fourth-order valence-corrected chi connectivity index (χ4v) is 3.41. The minimum atomic E-state index is -0.184. The zero-order valence-electron chi connectivity index (χ0n) is 10.6. The monoisotopic (exact) mass is 249 g/mol. The summed E-state index contributed by atoms with van der Waals surface area (Å²) in [5.74, 6) is 1.26. The third-order valence-corrected chi connectivity index (χ3v) is 4.54. The molecule has 0 spiro atoms. The van der Waals surface area contributed by atoms with Crippen LogP contribution in [0.3, 0.4) is 0 Å². The predicted molar refractivity (Wildman–Crippen MR) is 72.1 cm³/mol. The van der Waals surface area contributed by atoms with Crippen molar-refractivity contribution >= 4 is 17.7 Å². The third-order valence-electron chi connectivity index (χ3n) is 3.38. The number of likely N-dealkylation sites (tertiary alicyclic amines) is 1. The summed E-state index contributed by atoms with van der Waals surface area (Å²) in [4.78, 5) is 15.2. The molecule has 1 aliphatic rings. The van der Waals surface area contributed by atoms with Gasteiger partial charge in [-0.3, -0.25) is 4.79 Å². The molecule has 0 N–H and O–H groups in total. The average molecular weight is 249 g/mol. The first kappa shape index (κ1) is 12.5. The van der Waals surface area contributed by atoms with Crippen LogP contribution in [0.5, 0.6) is 0 Å². The third kappa shape index (κ3) is 2.65. The lowest BCUT2D eigenvalue weighted by Gasteiger charge is -2.19. The van der Waals surface area contributed by atoms with Crippen molar-refractivity contribution in [2.45, 2.75) is 31.2 Å². The lowest BCUT2D eigenvalue weighted by atomic mass is 9.90. The summed E-state index contributed by atoms with van der Waals surface area (Å²) in [6.45, 7) is 4.08. The lowest BCUT2D eigenvalue weighted by Crippen LogP contribution is -2.32. The highest BCUT2D eigenvalue weighted by Gasteiger charge is 2.42. The summed E-state index contributed by atoms with van der Waals surface area (Å²) >= 11 is 1.83. The second-order valence-corrected chi connectivity index (χ2v) is 6.38. The minimum Gasteiger partial charge on any atom is -0.341 e. The van der Waals surface area contributed by atoms with Gasteiger partial charge in [0.05, 0.1) is 0 Å². The van der Waals surface area contributed by atoms with E-state index >= 15 is 0 Å². The Morgan fingerprint density at radius 2 is 2.00 bits per heavy atom. The van der Waals surface area contributed by atoms with Crippen LogP contribution in [0.4, 0.5) is 0 Å². The van der Waals surface area contributed by atoms with E-state index in [0.717, 1.165) is 12.2 Å².